The molecule has 2 heterocycles. The van der Waals surface area contributed by atoms with Gasteiger partial charge in [0, 0.05) is 23.0 Å². The Labute approximate surface area is 134 Å². The molecular weight excluding hydrogens is 288 g/mol. The Kier molecular flexibility index (Phi) is 3.39. The van der Waals surface area contributed by atoms with Crippen LogP contribution in [0.4, 0.5) is 0 Å². The van der Waals surface area contributed by atoms with Crippen LogP contribution < -0.4 is 5.32 Å². The number of para-hydroxylation sites is 1. The van der Waals surface area contributed by atoms with E-state index < -0.39 is 0 Å². The van der Waals surface area contributed by atoms with Crippen LogP contribution in [0.2, 0.25) is 0 Å². The highest BCUT2D eigenvalue weighted by Crippen LogP contribution is 2.35. The summed E-state index contributed by atoms with van der Waals surface area (Å²) in [5, 5.41) is 4.61. The lowest BCUT2D eigenvalue weighted by molar-refractivity contribution is -0.143. The van der Waals surface area contributed by atoms with E-state index in [1.807, 2.05) is 30.3 Å². The molecule has 1 aliphatic heterocycles. The van der Waals surface area contributed by atoms with Crippen molar-refractivity contribution in [3.05, 3.63) is 71.4 Å². The molecule has 116 valence electrons. The van der Waals surface area contributed by atoms with Crippen molar-refractivity contribution in [2.24, 2.45) is 0 Å². The molecule has 4 heteroatoms. The van der Waals surface area contributed by atoms with E-state index in [4.69, 9.17) is 4.74 Å². The van der Waals surface area contributed by atoms with Gasteiger partial charge in [-0.05, 0) is 17.2 Å². The Morgan fingerprint density at radius 2 is 1.83 bits per heavy atom. The first kappa shape index (κ1) is 14.0. The second-order valence-electron chi connectivity index (χ2n) is 5.85. The van der Waals surface area contributed by atoms with Crippen molar-refractivity contribution < 1.29 is 9.53 Å². The van der Waals surface area contributed by atoms with Gasteiger partial charge in [0.25, 0.3) is 0 Å². The number of esters is 1. The number of carbonyl (C=O) groups excluding carboxylic acids is 1. The van der Waals surface area contributed by atoms with Crippen molar-refractivity contribution in [3.8, 4) is 0 Å². The molecule has 1 aliphatic rings. The lowest BCUT2D eigenvalue weighted by atomic mass is 9.90. The Hall–Kier alpha value is -2.59. The van der Waals surface area contributed by atoms with Crippen molar-refractivity contribution in [2.75, 3.05) is 7.11 Å². The number of rotatable bonds is 2. The molecule has 2 N–H and O–H groups in total. The van der Waals surface area contributed by atoms with Crippen LogP contribution in [0.15, 0.2) is 54.6 Å². The Morgan fingerprint density at radius 3 is 2.61 bits per heavy atom. The van der Waals surface area contributed by atoms with Crippen molar-refractivity contribution >= 4 is 16.9 Å². The number of H-pyrrole nitrogens is 1. The molecule has 23 heavy (non-hydrogen) atoms. The van der Waals surface area contributed by atoms with Crippen molar-refractivity contribution in [1.82, 2.24) is 10.3 Å². The number of fused-ring (bicyclic) bond motifs is 3. The number of aromatic nitrogens is 1. The number of methoxy groups -OCH3 is 1. The summed E-state index contributed by atoms with van der Waals surface area (Å²) >= 11 is 0. The van der Waals surface area contributed by atoms with Crippen LogP contribution in [0.5, 0.6) is 0 Å². The smallest absolute Gasteiger partial charge is 0.323 e. The minimum Gasteiger partial charge on any atom is -0.468 e. The monoisotopic (exact) mass is 306 g/mol. The largest absolute Gasteiger partial charge is 0.468 e. The Morgan fingerprint density at radius 1 is 1.09 bits per heavy atom. The van der Waals surface area contributed by atoms with E-state index in [0.717, 1.165) is 16.8 Å². The number of nitrogens with one attached hydrogen (secondary N) is 2. The van der Waals surface area contributed by atoms with Crippen molar-refractivity contribution in [2.45, 2.75) is 18.5 Å². The minimum absolute atomic E-state index is 0.0450. The molecule has 4 rings (SSSR count). The van der Waals surface area contributed by atoms with Gasteiger partial charge in [0.15, 0.2) is 0 Å². The van der Waals surface area contributed by atoms with Gasteiger partial charge in [-0.15, -0.1) is 0 Å². The van der Waals surface area contributed by atoms with Crippen LogP contribution >= 0.6 is 0 Å². The van der Waals surface area contributed by atoms with Gasteiger partial charge in [-0.1, -0.05) is 48.5 Å². The Bertz CT molecular complexity index is 854. The fourth-order valence-electron chi connectivity index (χ4n) is 3.44. The lowest BCUT2D eigenvalue weighted by Crippen LogP contribution is -2.45. The fraction of sp³-hybridized carbons (Fsp3) is 0.211. The van der Waals surface area contributed by atoms with E-state index >= 15 is 0 Å². The molecule has 1 unspecified atom stereocenters. The predicted octanol–water partition coefficient (Wildman–Crippen LogP) is 2.94. The van der Waals surface area contributed by atoms with Crippen LogP contribution in [-0.2, 0) is 16.0 Å². The van der Waals surface area contributed by atoms with E-state index in [1.165, 1.54) is 18.1 Å². The molecule has 0 aliphatic carbocycles. The predicted molar refractivity (Wildman–Crippen MR) is 89.2 cm³/mol. The summed E-state index contributed by atoms with van der Waals surface area (Å²) in [7, 11) is 1.44. The summed E-state index contributed by atoms with van der Waals surface area (Å²) in [5.41, 5.74) is 4.57. The summed E-state index contributed by atoms with van der Waals surface area (Å²) < 4.78 is 4.97. The van der Waals surface area contributed by atoms with Gasteiger partial charge in [0.2, 0.25) is 0 Å². The zero-order chi connectivity index (χ0) is 15.8. The van der Waals surface area contributed by atoms with E-state index in [-0.39, 0.29) is 18.1 Å². The maximum absolute atomic E-state index is 12.1. The van der Waals surface area contributed by atoms with Crippen LogP contribution in [0, 0.1) is 0 Å². The van der Waals surface area contributed by atoms with Gasteiger partial charge in [-0.3, -0.25) is 10.1 Å². The van der Waals surface area contributed by atoms with Gasteiger partial charge in [-0.2, -0.15) is 0 Å². The number of carbonyl (C=O) groups is 1. The fourth-order valence-corrected chi connectivity index (χ4v) is 3.44. The molecule has 0 saturated carbocycles. The molecule has 0 fully saturated rings. The highest BCUT2D eigenvalue weighted by molar-refractivity contribution is 5.87. The molecule has 0 saturated heterocycles. The van der Waals surface area contributed by atoms with Gasteiger partial charge in [-0.25, -0.2) is 0 Å². The van der Waals surface area contributed by atoms with Crippen LogP contribution in [0.25, 0.3) is 10.9 Å². The Balaban J connectivity index is 1.88. The number of hydrogen-bond donors (Lipinski definition) is 2. The number of hydrogen-bond acceptors (Lipinski definition) is 3. The first-order valence-corrected chi connectivity index (χ1v) is 7.76. The van der Waals surface area contributed by atoms with Crippen molar-refractivity contribution in [3.63, 3.8) is 0 Å². The number of benzene rings is 2. The van der Waals surface area contributed by atoms with Crippen molar-refractivity contribution in [1.29, 1.82) is 0 Å². The zero-order valence-corrected chi connectivity index (χ0v) is 12.9. The molecule has 4 nitrogen and oxygen atoms in total. The molecule has 2 atom stereocenters. The van der Waals surface area contributed by atoms with Gasteiger partial charge in [0.05, 0.1) is 13.2 Å². The third kappa shape index (κ3) is 2.32. The quantitative estimate of drug-likeness (QED) is 0.716. The number of ether oxygens (including phenoxy) is 1. The molecule has 0 bridgehead atoms. The second-order valence-corrected chi connectivity index (χ2v) is 5.85. The number of aromatic amines is 1. The average Bonchev–Trinajstić information content (AvgIpc) is 2.99. The molecule has 0 radical (unpaired) electrons. The normalized spacial score (nSPS) is 20.2. The molecule has 0 amide bonds. The SMILES string of the molecule is COC(=O)[C@@H]1Cc2c([nH]c3ccccc23)C(c2ccccc2)N1. The standard InChI is InChI=1S/C19H18N2O2/c1-23-19(22)16-11-14-13-9-5-6-10-15(13)20-18(14)17(21-16)12-7-3-2-4-8-12/h2-10,16-17,20-21H,11H2,1H3/t16-,17?/m0/s1. The van der Waals surface area contributed by atoms with Crippen LogP contribution in [0.3, 0.4) is 0 Å². The molecule has 2 aromatic carbocycles. The average molecular weight is 306 g/mol. The van der Waals surface area contributed by atoms with Gasteiger partial charge in [0.1, 0.15) is 6.04 Å². The molecule has 3 aromatic rings. The lowest BCUT2D eigenvalue weighted by Gasteiger charge is -2.30. The summed E-state index contributed by atoms with van der Waals surface area (Å²) in [6.07, 6.45) is 0.634. The highest BCUT2D eigenvalue weighted by atomic mass is 16.5. The van der Waals surface area contributed by atoms with Crippen LogP contribution in [-0.4, -0.2) is 24.1 Å². The first-order valence-electron chi connectivity index (χ1n) is 7.76. The topological polar surface area (TPSA) is 54.1 Å². The summed E-state index contributed by atoms with van der Waals surface area (Å²) in [6.45, 7) is 0. The van der Waals surface area contributed by atoms with Gasteiger partial charge >= 0.3 is 5.97 Å². The third-order valence-corrected chi connectivity index (χ3v) is 4.53. The summed E-state index contributed by atoms with van der Waals surface area (Å²) in [5.74, 6) is -0.220. The summed E-state index contributed by atoms with van der Waals surface area (Å²) in [6, 6.07) is 18.0. The third-order valence-electron chi connectivity index (χ3n) is 4.53. The highest BCUT2D eigenvalue weighted by Gasteiger charge is 2.34. The maximum Gasteiger partial charge on any atom is 0.323 e. The molecule has 0 spiro atoms. The minimum atomic E-state index is -0.336. The zero-order valence-electron chi connectivity index (χ0n) is 12.9. The summed E-state index contributed by atoms with van der Waals surface area (Å²) in [4.78, 5) is 15.6. The first-order chi connectivity index (χ1) is 11.3. The van der Waals surface area contributed by atoms with E-state index in [2.05, 4.69) is 34.6 Å². The second kappa shape index (κ2) is 5.56. The van der Waals surface area contributed by atoms with E-state index in [9.17, 15) is 4.79 Å². The maximum atomic E-state index is 12.1. The molecular formula is C19H18N2O2. The van der Waals surface area contributed by atoms with Gasteiger partial charge < -0.3 is 9.72 Å². The molecule has 1 aromatic heterocycles. The van der Waals surface area contributed by atoms with E-state index in [0.29, 0.717) is 6.42 Å². The van der Waals surface area contributed by atoms with Crippen LogP contribution in [0.1, 0.15) is 22.9 Å². The van der Waals surface area contributed by atoms with E-state index in [1.54, 1.807) is 0 Å².